The van der Waals surface area contributed by atoms with Gasteiger partial charge in [-0.05, 0) is 22.8 Å². The molecule has 0 fully saturated rings. The van der Waals surface area contributed by atoms with Crippen LogP contribution < -0.4 is 0 Å². The summed E-state index contributed by atoms with van der Waals surface area (Å²) in [5, 5.41) is 1.37. The molecule has 0 unspecified atom stereocenters. The fourth-order valence-electron chi connectivity index (χ4n) is 2.89. The molecule has 4 rings (SSSR count). The van der Waals surface area contributed by atoms with Crippen molar-refractivity contribution in [2.24, 2.45) is 7.05 Å². The zero-order valence-electron chi connectivity index (χ0n) is 12.6. The lowest BCUT2D eigenvalue weighted by atomic mass is 9.99. The largest absolute Gasteiger partial charge is 0.335 e. The van der Waals surface area contributed by atoms with E-state index < -0.39 is 0 Å². The van der Waals surface area contributed by atoms with Crippen molar-refractivity contribution < 1.29 is 0 Å². The average Bonchev–Trinajstić information content (AvgIpc) is 2.94. The Bertz CT molecular complexity index is 990. The summed E-state index contributed by atoms with van der Waals surface area (Å²) >= 11 is 6.32. The van der Waals surface area contributed by atoms with Gasteiger partial charge in [0.2, 0.25) is 0 Å². The van der Waals surface area contributed by atoms with Crippen LogP contribution >= 0.6 is 11.6 Å². The van der Waals surface area contributed by atoms with Crippen molar-refractivity contribution in [3.8, 4) is 22.3 Å². The van der Waals surface area contributed by atoms with Gasteiger partial charge in [-0.2, -0.15) is 0 Å². The molecular weight excluding hydrogens is 306 g/mol. The van der Waals surface area contributed by atoms with Gasteiger partial charge in [0.25, 0.3) is 0 Å². The molecular formula is C19H14ClN3. The normalized spacial score (nSPS) is 11.0. The Kier molecular flexibility index (Phi) is 3.36. The first-order valence-electron chi connectivity index (χ1n) is 7.35. The number of fused-ring (bicyclic) bond motifs is 1. The molecule has 0 aliphatic carbocycles. The molecule has 2 aromatic carbocycles. The van der Waals surface area contributed by atoms with E-state index in [0.717, 1.165) is 22.2 Å². The van der Waals surface area contributed by atoms with Crippen LogP contribution in [0.15, 0.2) is 67.1 Å². The highest BCUT2D eigenvalue weighted by Crippen LogP contribution is 2.34. The Morgan fingerprint density at radius 1 is 0.870 bits per heavy atom. The summed E-state index contributed by atoms with van der Waals surface area (Å²) in [5.74, 6) is 0. The van der Waals surface area contributed by atoms with Gasteiger partial charge in [0.15, 0.2) is 0 Å². The van der Waals surface area contributed by atoms with E-state index in [2.05, 4.69) is 52.6 Å². The topological polar surface area (TPSA) is 30.7 Å². The third kappa shape index (κ3) is 2.39. The van der Waals surface area contributed by atoms with E-state index in [1.165, 1.54) is 17.5 Å². The Labute approximate surface area is 139 Å². The maximum Gasteiger partial charge on any atom is 0.145 e. The van der Waals surface area contributed by atoms with Crippen molar-refractivity contribution in [1.29, 1.82) is 0 Å². The smallest absolute Gasteiger partial charge is 0.145 e. The first-order chi connectivity index (χ1) is 11.2. The van der Waals surface area contributed by atoms with Gasteiger partial charge in [-0.15, -0.1) is 0 Å². The summed E-state index contributed by atoms with van der Waals surface area (Å²) in [7, 11) is 1.97. The van der Waals surface area contributed by atoms with E-state index in [1.54, 1.807) is 0 Å². The van der Waals surface area contributed by atoms with Crippen molar-refractivity contribution in [2.45, 2.75) is 0 Å². The van der Waals surface area contributed by atoms with Gasteiger partial charge in [-0.3, -0.25) is 0 Å². The van der Waals surface area contributed by atoms with E-state index in [4.69, 9.17) is 11.6 Å². The summed E-state index contributed by atoms with van der Waals surface area (Å²) in [6.07, 6.45) is 3.55. The highest BCUT2D eigenvalue weighted by molar-refractivity contribution is 6.35. The van der Waals surface area contributed by atoms with Gasteiger partial charge < -0.3 is 4.57 Å². The highest BCUT2D eigenvalue weighted by Gasteiger charge is 2.14. The minimum Gasteiger partial charge on any atom is -0.335 e. The summed E-state index contributed by atoms with van der Waals surface area (Å²) in [6, 6.07) is 18.8. The molecule has 2 heterocycles. The van der Waals surface area contributed by atoms with Crippen LogP contribution in [0.4, 0.5) is 0 Å². The van der Waals surface area contributed by atoms with Crippen molar-refractivity contribution >= 4 is 22.6 Å². The van der Waals surface area contributed by atoms with Crippen LogP contribution in [0.2, 0.25) is 5.15 Å². The number of aryl methyl sites for hydroxylation is 1. The number of aromatic nitrogens is 3. The molecule has 23 heavy (non-hydrogen) atoms. The van der Waals surface area contributed by atoms with E-state index in [0.29, 0.717) is 5.15 Å². The lowest BCUT2D eigenvalue weighted by Gasteiger charge is -2.05. The molecule has 3 nitrogen and oxygen atoms in total. The lowest BCUT2D eigenvalue weighted by Crippen LogP contribution is -1.88. The zero-order valence-corrected chi connectivity index (χ0v) is 13.3. The lowest BCUT2D eigenvalue weighted by molar-refractivity contribution is 0.944. The number of rotatable bonds is 2. The van der Waals surface area contributed by atoms with Crippen molar-refractivity contribution in [3.63, 3.8) is 0 Å². The standard InChI is InChI=1S/C19H14ClN3/c1-23-11-16(17-18(20)21-12-22-19(17)23)15-9-5-8-14(10-15)13-6-3-2-4-7-13/h2-12H,1H3. The second-order valence-electron chi connectivity index (χ2n) is 5.46. The third-order valence-electron chi connectivity index (χ3n) is 3.99. The molecule has 0 aliphatic heterocycles. The summed E-state index contributed by atoms with van der Waals surface area (Å²) < 4.78 is 1.98. The molecule has 0 saturated heterocycles. The predicted octanol–water partition coefficient (Wildman–Crippen LogP) is 4.96. The fraction of sp³-hybridized carbons (Fsp3) is 0.0526. The van der Waals surface area contributed by atoms with Gasteiger partial charge in [0.1, 0.15) is 17.1 Å². The molecule has 2 aromatic heterocycles. The van der Waals surface area contributed by atoms with Gasteiger partial charge in [-0.1, -0.05) is 60.1 Å². The van der Waals surface area contributed by atoms with Crippen LogP contribution in [-0.2, 0) is 7.05 Å². The minimum absolute atomic E-state index is 0.482. The quantitative estimate of drug-likeness (QED) is 0.489. The molecule has 0 radical (unpaired) electrons. The van der Waals surface area contributed by atoms with Crippen LogP contribution in [-0.4, -0.2) is 14.5 Å². The Balaban J connectivity index is 1.93. The maximum atomic E-state index is 6.32. The predicted molar refractivity (Wildman–Crippen MR) is 94.4 cm³/mol. The van der Waals surface area contributed by atoms with Crippen LogP contribution in [0.25, 0.3) is 33.3 Å². The Morgan fingerprint density at radius 3 is 2.43 bits per heavy atom. The minimum atomic E-state index is 0.482. The molecule has 4 heteroatoms. The number of hydrogen-bond donors (Lipinski definition) is 0. The van der Waals surface area contributed by atoms with Crippen molar-refractivity contribution in [3.05, 3.63) is 72.3 Å². The monoisotopic (exact) mass is 319 g/mol. The summed E-state index contributed by atoms with van der Waals surface area (Å²) in [5.41, 5.74) is 5.36. The molecule has 0 spiro atoms. The molecule has 0 N–H and O–H groups in total. The van der Waals surface area contributed by atoms with Crippen molar-refractivity contribution in [2.75, 3.05) is 0 Å². The third-order valence-corrected chi connectivity index (χ3v) is 4.27. The van der Waals surface area contributed by atoms with E-state index in [1.807, 2.05) is 29.8 Å². The molecule has 0 bridgehead atoms. The van der Waals surface area contributed by atoms with Gasteiger partial charge >= 0.3 is 0 Å². The SMILES string of the molecule is Cn1cc(-c2cccc(-c3ccccc3)c2)c2c(Cl)ncnc21. The van der Waals surface area contributed by atoms with Gasteiger partial charge in [0, 0.05) is 18.8 Å². The average molecular weight is 320 g/mol. The van der Waals surface area contributed by atoms with Crippen LogP contribution in [0.3, 0.4) is 0 Å². The second kappa shape index (κ2) is 5.52. The van der Waals surface area contributed by atoms with E-state index in [-0.39, 0.29) is 0 Å². The van der Waals surface area contributed by atoms with Crippen LogP contribution in [0.1, 0.15) is 0 Å². The molecule has 0 aliphatic rings. The molecule has 0 atom stereocenters. The first-order valence-corrected chi connectivity index (χ1v) is 7.73. The molecule has 112 valence electrons. The molecule has 4 aromatic rings. The summed E-state index contributed by atoms with van der Waals surface area (Å²) in [6.45, 7) is 0. The van der Waals surface area contributed by atoms with Gasteiger partial charge in [-0.25, -0.2) is 9.97 Å². The zero-order chi connectivity index (χ0) is 15.8. The number of benzene rings is 2. The van der Waals surface area contributed by atoms with Crippen LogP contribution in [0, 0.1) is 0 Å². The van der Waals surface area contributed by atoms with E-state index >= 15 is 0 Å². The van der Waals surface area contributed by atoms with E-state index in [9.17, 15) is 0 Å². The molecule has 0 amide bonds. The fourth-order valence-corrected chi connectivity index (χ4v) is 3.12. The number of nitrogens with zero attached hydrogens (tertiary/aromatic N) is 3. The Morgan fingerprint density at radius 2 is 1.61 bits per heavy atom. The second-order valence-corrected chi connectivity index (χ2v) is 5.82. The first kappa shape index (κ1) is 14.0. The van der Waals surface area contributed by atoms with Crippen molar-refractivity contribution in [1.82, 2.24) is 14.5 Å². The molecule has 0 saturated carbocycles. The summed E-state index contributed by atoms with van der Waals surface area (Å²) in [4.78, 5) is 8.46. The van der Waals surface area contributed by atoms with Gasteiger partial charge in [0.05, 0.1) is 5.39 Å². The Hall–Kier alpha value is -2.65. The maximum absolute atomic E-state index is 6.32. The highest BCUT2D eigenvalue weighted by atomic mass is 35.5. The van der Waals surface area contributed by atoms with Crippen LogP contribution in [0.5, 0.6) is 0 Å². The number of hydrogen-bond acceptors (Lipinski definition) is 2. The number of halogens is 1.